The van der Waals surface area contributed by atoms with E-state index in [1.807, 2.05) is 6.07 Å². The summed E-state index contributed by atoms with van der Waals surface area (Å²) in [6, 6.07) is 14.7. The van der Waals surface area contributed by atoms with Crippen molar-refractivity contribution >= 4 is 5.91 Å². The van der Waals surface area contributed by atoms with E-state index in [-0.39, 0.29) is 25.5 Å². The van der Waals surface area contributed by atoms with Gasteiger partial charge in [-0.15, -0.1) is 0 Å². The topological polar surface area (TPSA) is 29.5 Å². The number of hydrogen-bond acceptors (Lipinski definition) is 2. The Kier molecular flexibility index (Phi) is 7.32. The molecule has 0 atom stereocenters. The van der Waals surface area contributed by atoms with Crippen LogP contribution in [0.3, 0.4) is 0 Å². The van der Waals surface area contributed by atoms with Crippen LogP contribution in [-0.2, 0) is 11.3 Å². The Morgan fingerprint density at radius 1 is 1.08 bits per heavy atom. The maximum Gasteiger partial charge on any atom is 0.255 e. The van der Waals surface area contributed by atoms with Crippen LogP contribution >= 0.6 is 0 Å². The van der Waals surface area contributed by atoms with Gasteiger partial charge in [0.25, 0.3) is 6.43 Å². The van der Waals surface area contributed by atoms with Gasteiger partial charge in [-0.3, -0.25) is 4.79 Å². The molecule has 3 nitrogen and oxygen atoms in total. The van der Waals surface area contributed by atoms with Crippen molar-refractivity contribution in [1.29, 1.82) is 0 Å². The maximum atomic E-state index is 13.0. The molecule has 0 aromatic heterocycles. The Balaban J connectivity index is 1.82. The Morgan fingerprint density at radius 3 is 2.52 bits per heavy atom. The second-order valence-electron chi connectivity index (χ2n) is 5.56. The van der Waals surface area contributed by atoms with Crippen molar-refractivity contribution in [3.05, 3.63) is 66.0 Å². The molecule has 0 aliphatic heterocycles. The van der Waals surface area contributed by atoms with Gasteiger partial charge in [-0.05, 0) is 24.1 Å². The minimum atomic E-state index is -2.59. The van der Waals surface area contributed by atoms with E-state index in [4.69, 9.17) is 4.74 Å². The fourth-order valence-electron chi connectivity index (χ4n) is 2.35. The average Bonchev–Trinajstić information content (AvgIpc) is 2.58. The molecular weight excluding hydrogens is 331 g/mol. The maximum absolute atomic E-state index is 13.0. The lowest BCUT2D eigenvalue weighted by Gasteiger charge is -2.22. The van der Waals surface area contributed by atoms with Crippen LogP contribution in [0.2, 0.25) is 0 Å². The Labute approximate surface area is 145 Å². The Bertz CT molecular complexity index is 665. The third kappa shape index (κ3) is 6.87. The van der Waals surface area contributed by atoms with Crippen LogP contribution in [0.25, 0.3) is 0 Å². The van der Waals surface area contributed by atoms with Crippen molar-refractivity contribution in [3.8, 4) is 5.75 Å². The lowest BCUT2D eigenvalue weighted by atomic mass is 10.2. The number of rotatable bonds is 9. The fourth-order valence-corrected chi connectivity index (χ4v) is 2.35. The van der Waals surface area contributed by atoms with E-state index >= 15 is 0 Å². The van der Waals surface area contributed by atoms with Gasteiger partial charge >= 0.3 is 0 Å². The molecule has 0 bridgehead atoms. The first-order valence-electron chi connectivity index (χ1n) is 8.03. The highest BCUT2D eigenvalue weighted by Crippen LogP contribution is 2.13. The molecule has 2 aromatic rings. The molecule has 1 amide bonds. The molecule has 0 aliphatic carbocycles. The first kappa shape index (κ1) is 18.8. The van der Waals surface area contributed by atoms with E-state index in [1.165, 1.54) is 18.2 Å². The van der Waals surface area contributed by atoms with Crippen molar-refractivity contribution in [1.82, 2.24) is 4.90 Å². The molecule has 0 aliphatic rings. The number of halogens is 3. The summed E-state index contributed by atoms with van der Waals surface area (Å²) in [6.45, 7) is -0.240. The minimum Gasteiger partial charge on any atom is -0.493 e. The van der Waals surface area contributed by atoms with E-state index < -0.39 is 18.8 Å². The standard InChI is InChI=1S/C19H20F3NO2/c20-16-8-4-9-17(12-16)25-11-5-10-19(24)23(14-18(21)22)13-15-6-2-1-3-7-15/h1-4,6-9,12,18H,5,10-11,13-14H2. The number of carbonyl (C=O) groups is 1. The number of nitrogens with zero attached hydrogens (tertiary/aromatic N) is 1. The van der Waals surface area contributed by atoms with Crippen molar-refractivity contribution in [2.24, 2.45) is 0 Å². The van der Waals surface area contributed by atoms with E-state index in [1.54, 1.807) is 30.3 Å². The molecule has 0 spiro atoms. The first-order chi connectivity index (χ1) is 12.0. The molecule has 0 saturated heterocycles. The quantitative estimate of drug-likeness (QED) is 0.631. The molecule has 134 valence electrons. The van der Waals surface area contributed by atoms with Crippen LogP contribution in [0.4, 0.5) is 13.2 Å². The summed E-state index contributed by atoms with van der Waals surface area (Å²) in [7, 11) is 0. The fraction of sp³-hybridized carbons (Fsp3) is 0.316. The van der Waals surface area contributed by atoms with Gasteiger partial charge in [0, 0.05) is 19.0 Å². The summed E-state index contributed by atoms with van der Waals surface area (Å²) in [4.78, 5) is 13.4. The van der Waals surface area contributed by atoms with Crippen LogP contribution in [0.5, 0.6) is 5.75 Å². The zero-order valence-electron chi connectivity index (χ0n) is 13.7. The van der Waals surface area contributed by atoms with Crippen molar-refractivity contribution in [2.45, 2.75) is 25.8 Å². The van der Waals surface area contributed by atoms with Gasteiger partial charge in [0.2, 0.25) is 5.91 Å². The predicted molar refractivity (Wildman–Crippen MR) is 89.0 cm³/mol. The highest BCUT2D eigenvalue weighted by molar-refractivity contribution is 5.76. The third-order valence-electron chi connectivity index (χ3n) is 3.53. The normalized spacial score (nSPS) is 10.7. The van der Waals surface area contributed by atoms with E-state index in [9.17, 15) is 18.0 Å². The van der Waals surface area contributed by atoms with Crippen LogP contribution in [0.1, 0.15) is 18.4 Å². The van der Waals surface area contributed by atoms with Crippen LogP contribution in [0, 0.1) is 5.82 Å². The number of hydrogen-bond donors (Lipinski definition) is 0. The Hall–Kier alpha value is -2.50. The second kappa shape index (κ2) is 9.71. The van der Waals surface area contributed by atoms with Crippen LogP contribution in [0.15, 0.2) is 54.6 Å². The van der Waals surface area contributed by atoms with Crippen molar-refractivity contribution in [3.63, 3.8) is 0 Å². The number of ether oxygens (including phenoxy) is 1. The van der Waals surface area contributed by atoms with Crippen LogP contribution in [-0.4, -0.2) is 30.4 Å². The lowest BCUT2D eigenvalue weighted by molar-refractivity contribution is -0.134. The molecule has 0 radical (unpaired) electrons. The minimum absolute atomic E-state index is 0.0921. The number of alkyl halides is 2. The Morgan fingerprint density at radius 2 is 1.84 bits per heavy atom. The number of carbonyl (C=O) groups excluding carboxylic acids is 1. The van der Waals surface area contributed by atoms with Gasteiger partial charge in [0.05, 0.1) is 13.2 Å². The molecule has 0 fully saturated rings. The van der Waals surface area contributed by atoms with E-state index in [0.29, 0.717) is 12.2 Å². The molecule has 0 N–H and O–H groups in total. The first-order valence-corrected chi connectivity index (χ1v) is 8.03. The smallest absolute Gasteiger partial charge is 0.255 e. The predicted octanol–water partition coefficient (Wildman–Crippen LogP) is 4.28. The number of amides is 1. The van der Waals surface area contributed by atoms with Gasteiger partial charge in [-0.1, -0.05) is 36.4 Å². The zero-order valence-corrected chi connectivity index (χ0v) is 13.7. The summed E-state index contributed by atoms with van der Waals surface area (Å²) < 4.78 is 43.9. The average molecular weight is 351 g/mol. The monoisotopic (exact) mass is 351 g/mol. The van der Waals surface area contributed by atoms with Gasteiger partial charge in [0.1, 0.15) is 11.6 Å². The van der Waals surface area contributed by atoms with E-state index in [0.717, 1.165) is 10.5 Å². The molecule has 2 rings (SSSR count). The number of benzene rings is 2. The lowest BCUT2D eigenvalue weighted by Crippen LogP contribution is -2.34. The SMILES string of the molecule is O=C(CCCOc1cccc(F)c1)N(Cc1ccccc1)CC(F)F. The van der Waals surface area contributed by atoms with Gasteiger partial charge < -0.3 is 9.64 Å². The van der Waals surface area contributed by atoms with Crippen LogP contribution < -0.4 is 4.74 Å². The van der Waals surface area contributed by atoms with Gasteiger partial charge in [-0.25, -0.2) is 13.2 Å². The molecule has 0 saturated carbocycles. The molecule has 6 heteroatoms. The largest absolute Gasteiger partial charge is 0.493 e. The summed E-state index contributed by atoms with van der Waals surface area (Å²) in [6.07, 6.45) is -2.13. The van der Waals surface area contributed by atoms with Gasteiger partial charge in [-0.2, -0.15) is 0 Å². The zero-order chi connectivity index (χ0) is 18.1. The molecule has 25 heavy (non-hydrogen) atoms. The van der Waals surface area contributed by atoms with E-state index in [2.05, 4.69) is 0 Å². The molecule has 0 unspecified atom stereocenters. The molecular formula is C19H20F3NO2. The van der Waals surface area contributed by atoms with Crippen molar-refractivity contribution in [2.75, 3.05) is 13.2 Å². The summed E-state index contributed by atoms with van der Waals surface area (Å²) in [5.74, 6) is -0.382. The van der Waals surface area contributed by atoms with Gasteiger partial charge in [0.15, 0.2) is 0 Å². The second-order valence-corrected chi connectivity index (χ2v) is 5.56. The third-order valence-corrected chi connectivity index (χ3v) is 3.53. The highest BCUT2D eigenvalue weighted by atomic mass is 19.3. The molecule has 0 heterocycles. The summed E-state index contributed by atoms with van der Waals surface area (Å²) in [5.41, 5.74) is 0.799. The summed E-state index contributed by atoms with van der Waals surface area (Å²) in [5, 5.41) is 0. The molecule has 2 aromatic carbocycles. The highest BCUT2D eigenvalue weighted by Gasteiger charge is 2.18. The van der Waals surface area contributed by atoms with Crippen molar-refractivity contribution < 1.29 is 22.7 Å². The summed E-state index contributed by atoms with van der Waals surface area (Å²) >= 11 is 0.